The van der Waals surface area contributed by atoms with Gasteiger partial charge in [-0.05, 0) is 0 Å². The summed E-state index contributed by atoms with van der Waals surface area (Å²) in [4.78, 5) is 23.3. The number of carbonyl (C=O) groups excluding carboxylic acids is 1. The number of H-pyrrole nitrogens is 2. The molecule has 0 unspecified atom stereocenters. The van der Waals surface area contributed by atoms with Crippen molar-refractivity contribution in [2.45, 2.75) is 13.0 Å². The monoisotopic (exact) mass is 357 g/mol. The van der Waals surface area contributed by atoms with Crippen LogP contribution in [0.2, 0.25) is 0 Å². The van der Waals surface area contributed by atoms with Crippen molar-refractivity contribution in [3.63, 3.8) is 0 Å². The number of rotatable bonds is 2. The van der Waals surface area contributed by atoms with Gasteiger partial charge in [0.2, 0.25) is 0 Å². The zero-order valence-electron chi connectivity index (χ0n) is 13.2. The molecule has 0 aromatic carbocycles. The van der Waals surface area contributed by atoms with E-state index in [0.717, 1.165) is 29.2 Å². The van der Waals surface area contributed by atoms with Crippen molar-refractivity contribution in [2.75, 3.05) is 19.8 Å². The minimum Gasteiger partial charge on any atom is -0.485 e. The van der Waals surface area contributed by atoms with E-state index in [0.29, 0.717) is 42.7 Å². The molecular weight excluding hydrogens is 342 g/mol. The maximum atomic E-state index is 12.9. The van der Waals surface area contributed by atoms with Gasteiger partial charge in [-0.15, -0.1) is 11.3 Å². The van der Waals surface area contributed by atoms with Crippen LogP contribution in [0.25, 0.3) is 11.4 Å². The zero-order valence-corrected chi connectivity index (χ0v) is 14.1. The molecule has 0 spiro atoms. The first-order valence-electron chi connectivity index (χ1n) is 8.03. The minimum absolute atomic E-state index is 0.0261. The van der Waals surface area contributed by atoms with Crippen molar-refractivity contribution in [3.05, 3.63) is 34.0 Å². The Bertz CT molecular complexity index is 930. The fraction of sp³-hybridized carbons (Fsp3) is 0.312. The Hall–Kier alpha value is -2.81. The Morgan fingerprint density at radius 2 is 2.24 bits per heavy atom. The molecule has 2 aliphatic heterocycles. The molecule has 0 fully saturated rings. The topological polar surface area (TPSA) is 96.1 Å². The Labute approximate surface area is 146 Å². The summed E-state index contributed by atoms with van der Waals surface area (Å²) in [5, 5.41) is 8.57. The molecular formula is C16H15N5O3S. The van der Waals surface area contributed by atoms with E-state index in [-0.39, 0.29) is 5.91 Å². The third-order valence-electron chi connectivity index (χ3n) is 4.39. The maximum Gasteiger partial charge on any atom is 0.268 e. The number of fused-ring (bicyclic) bond motifs is 2. The molecule has 0 radical (unpaired) electrons. The first kappa shape index (κ1) is 14.5. The Balaban J connectivity index is 1.40. The predicted octanol–water partition coefficient (Wildman–Crippen LogP) is 1.83. The van der Waals surface area contributed by atoms with Gasteiger partial charge in [0, 0.05) is 24.5 Å². The second kappa shape index (κ2) is 5.62. The summed E-state index contributed by atoms with van der Waals surface area (Å²) < 4.78 is 11.2. The molecule has 3 aromatic rings. The molecule has 1 amide bonds. The quantitative estimate of drug-likeness (QED) is 0.729. The molecule has 2 aliphatic rings. The smallest absolute Gasteiger partial charge is 0.268 e. The molecule has 0 bridgehead atoms. The number of hydrogen-bond donors (Lipinski definition) is 2. The van der Waals surface area contributed by atoms with E-state index >= 15 is 0 Å². The van der Waals surface area contributed by atoms with Crippen molar-refractivity contribution in [3.8, 4) is 22.9 Å². The van der Waals surface area contributed by atoms with Crippen LogP contribution < -0.4 is 9.47 Å². The van der Waals surface area contributed by atoms with Gasteiger partial charge in [0.25, 0.3) is 5.91 Å². The lowest BCUT2D eigenvalue weighted by Gasteiger charge is -2.26. The van der Waals surface area contributed by atoms with Gasteiger partial charge in [-0.1, -0.05) is 0 Å². The van der Waals surface area contributed by atoms with Gasteiger partial charge in [-0.25, -0.2) is 4.98 Å². The zero-order chi connectivity index (χ0) is 16.8. The second-order valence-corrected chi connectivity index (χ2v) is 6.81. The van der Waals surface area contributed by atoms with E-state index in [1.165, 1.54) is 11.3 Å². The highest BCUT2D eigenvalue weighted by molar-refractivity contribution is 7.12. The number of carbonyl (C=O) groups is 1. The summed E-state index contributed by atoms with van der Waals surface area (Å²) in [6.45, 7) is 2.14. The number of aromatic nitrogens is 4. The number of aromatic amines is 2. The molecule has 8 nitrogen and oxygen atoms in total. The molecule has 2 N–H and O–H groups in total. The van der Waals surface area contributed by atoms with Crippen LogP contribution in [0, 0.1) is 0 Å². The van der Waals surface area contributed by atoms with Gasteiger partial charge in [-0.2, -0.15) is 5.10 Å². The predicted molar refractivity (Wildman–Crippen MR) is 89.9 cm³/mol. The highest BCUT2D eigenvalue weighted by Gasteiger charge is 2.30. The van der Waals surface area contributed by atoms with Crippen molar-refractivity contribution in [2.24, 2.45) is 0 Å². The van der Waals surface area contributed by atoms with E-state index in [2.05, 4.69) is 20.2 Å². The third-order valence-corrected chi connectivity index (χ3v) is 5.31. The third kappa shape index (κ3) is 2.39. The molecule has 5 rings (SSSR count). The molecule has 0 aliphatic carbocycles. The first-order valence-corrected chi connectivity index (χ1v) is 8.91. The summed E-state index contributed by atoms with van der Waals surface area (Å²) in [5.74, 6) is 2.00. The lowest BCUT2D eigenvalue weighted by atomic mass is 10.1. The maximum absolute atomic E-state index is 12.9. The van der Waals surface area contributed by atoms with Crippen molar-refractivity contribution >= 4 is 17.2 Å². The number of amides is 1. The molecule has 25 heavy (non-hydrogen) atoms. The van der Waals surface area contributed by atoms with Crippen molar-refractivity contribution < 1.29 is 14.3 Å². The fourth-order valence-corrected chi connectivity index (χ4v) is 4.03. The Morgan fingerprint density at radius 3 is 3.12 bits per heavy atom. The van der Waals surface area contributed by atoms with Gasteiger partial charge >= 0.3 is 0 Å². The number of ether oxygens (including phenoxy) is 2. The van der Waals surface area contributed by atoms with Gasteiger partial charge in [0.15, 0.2) is 11.5 Å². The summed E-state index contributed by atoms with van der Waals surface area (Å²) >= 11 is 1.37. The number of nitrogens with one attached hydrogen (secondary N) is 2. The molecule has 0 atom stereocenters. The number of thiophene rings is 1. The fourth-order valence-electron chi connectivity index (χ4n) is 3.14. The average molecular weight is 357 g/mol. The molecule has 5 heterocycles. The molecule has 3 aromatic heterocycles. The molecule has 0 saturated heterocycles. The van der Waals surface area contributed by atoms with Crippen LogP contribution in [-0.4, -0.2) is 50.7 Å². The minimum atomic E-state index is -0.0261. The lowest BCUT2D eigenvalue weighted by molar-refractivity contribution is 0.0728. The first-order chi connectivity index (χ1) is 12.3. The normalized spacial score (nSPS) is 15.9. The van der Waals surface area contributed by atoms with Crippen molar-refractivity contribution in [1.29, 1.82) is 0 Å². The summed E-state index contributed by atoms with van der Waals surface area (Å²) in [7, 11) is 0. The number of hydrogen-bond acceptors (Lipinski definition) is 6. The summed E-state index contributed by atoms with van der Waals surface area (Å²) in [6.07, 6.45) is 4.24. The van der Waals surface area contributed by atoms with E-state index in [1.807, 2.05) is 10.3 Å². The highest BCUT2D eigenvalue weighted by atomic mass is 32.1. The van der Waals surface area contributed by atoms with E-state index in [4.69, 9.17) is 9.47 Å². The average Bonchev–Trinajstić information content (AvgIpc) is 3.38. The van der Waals surface area contributed by atoms with Gasteiger partial charge in [0.05, 0.1) is 29.7 Å². The molecule has 9 heteroatoms. The largest absolute Gasteiger partial charge is 0.485 e. The molecule has 0 saturated carbocycles. The summed E-state index contributed by atoms with van der Waals surface area (Å²) in [5.41, 5.74) is 2.89. The van der Waals surface area contributed by atoms with Gasteiger partial charge in [0.1, 0.15) is 23.9 Å². The van der Waals surface area contributed by atoms with Crippen LogP contribution in [0.3, 0.4) is 0 Å². The van der Waals surface area contributed by atoms with Crippen LogP contribution in [0.4, 0.5) is 0 Å². The van der Waals surface area contributed by atoms with Crippen LogP contribution >= 0.6 is 11.3 Å². The molecule has 128 valence electrons. The van der Waals surface area contributed by atoms with Crippen LogP contribution in [0.15, 0.2) is 17.8 Å². The van der Waals surface area contributed by atoms with E-state index in [1.54, 1.807) is 12.4 Å². The second-order valence-electron chi connectivity index (χ2n) is 5.93. The standard InChI is InChI=1S/C16H15N5O3S/c22-16(14-13-12(8-25-14)23-3-4-24-13)21-2-1-10-11(7-21)20-15(19-10)9-5-17-18-6-9/h5-6,8H,1-4,7H2,(H,17,18)(H,19,20). The number of nitrogens with zero attached hydrogens (tertiary/aromatic N) is 3. The Morgan fingerprint density at radius 1 is 1.32 bits per heavy atom. The van der Waals surface area contributed by atoms with Gasteiger partial charge < -0.3 is 19.4 Å². The van der Waals surface area contributed by atoms with Gasteiger partial charge in [-0.3, -0.25) is 9.89 Å². The van der Waals surface area contributed by atoms with Crippen LogP contribution in [0.5, 0.6) is 11.5 Å². The van der Waals surface area contributed by atoms with Crippen LogP contribution in [-0.2, 0) is 13.0 Å². The van der Waals surface area contributed by atoms with Crippen LogP contribution in [0.1, 0.15) is 21.1 Å². The number of imidazole rings is 1. The SMILES string of the molecule is O=C(c1scc2c1OCCO2)N1CCc2nc(-c3cn[nH]c3)[nH]c2C1. The Kier molecular flexibility index (Phi) is 3.27. The van der Waals surface area contributed by atoms with E-state index < -0.39 is 0 Å². The van der Waals surface area contributed by atoms with Crippen molar-refractivity contribution in [1.82, 2.24) is 25.1 Å². The van der Waals surface area contributed by atoms with E-state index in [9.17, 15) is 4.79 Å². The highest BCUT2D eigenvalue weighted by Crippen LogP contribution is 2.40. The summed E-state index contributed by atoms with van der Waals surface area (Å²) in [6, 6.07) is 0. The lowest BCUT2D eigenvalue weighted by Crippen LogP contribution is -2.36.